The molecule has 2 aromatic rings. The number of hydrogen-bond acceptors (Lipinski definition) is 3. The molecule has 0 bridgehead atoms. The third-order valence-electron chi connectivity index (χ3n) is 3.33. The van der Waals surface area contributed by atoms with E-state index in [-0.39, 0.29) is 6.42 Å². The Morgan fingerprint density at radius 1 is 1.05 bits per heavy atom. The second-order valence-corrected chi connectivity index (χ2v) is 5.30. The van der Waals surface area contributed by atoms with E-state index < -0.39 is 5.97 Å². The zero-order valence-corrected chi connectivity index (χ0v) is 12.7. The van der Waals surface area contributed by atoms with Gasteiger partial charge in [-0.05, 0) is 30.3 Å². The maximum atomic E-state index is 10.5. The van der Waals surface area contributed by atoms with Crippen LogP contribution in [-0.2, 0) is 17.9 Å². The van der Waals surface area contributed by atoms with Gasteiger partial charge in [-0.25, -0.2) is 0 Å². The summed E-state index contributed by atoms with van der Waals surface area (Å²) in [4.78, 5) is 12.5. The molecule has 4 nitrogen and oxygen atoms in total. The molecule has 0 fully saturated rings. The molecule has 0 heterocycles. The quantitative estimate of drug-likeness (QED) is 0.813. The van der Waals surface area contributed by atoms with Crippen LogP contribution in [0.25, 0.3) is 0 Å². The molecule has 0 amide bonds. The van der Waals surface area contributed by atoms with Crippen molar-refractivity contribution in [2.24, 2.45) is 0 Å². The molecule has 0 saturated carbocycles. The van der Waals surface area contributed by atoms with Gasteiger partial charge < -0.3 is 14.7 Å². The van der Waals surface area contributed by atoms with E-state index in [2.05, 4.69) is 0 Å². The fourth-order valence-electron chi connectivity index (χ4n) is 2.11. The lowest BCUT2D eigenvalue weighted by atomic mass is 10.2. The Kier molecular flexibility index (Phi) is 5.98. The maximum Gasteiger partial charge on any atom is 0.304 e. The van der Waals surface area contributed by atoms with Crippen LogP contribution in [-0.4, -0.2) is 29.6 Å². The van der Waals surface area contributed by atoms with Crippen LogP contribution in [0.5, 0.6) is 5.75 Å². The zero-order chi connectivity index (χ0) is 15.8. The SMILES string of the molecule is CN(CCC(=O)O)Cc1ccc(OCc2ccccc2)cc1. The summed E-state index contributed by atoms with van der Waals surface area (Å²) in [6.45, 7) is 1.83. The fourth-order valence-corrected chi connectivity index (χ4v) is 2.11. The third-order valence-corrected chi connectivity index (χ3v) is 3.33. The van der Waals surface area contributed by atoms with E-state index in [0.29, 0.717) is 13.2 Å². The highest BCUT2D eigenvalue weighted by Gasteiger charge is 2.04. The number of nitrogens with zero attached hydrogens (tertiary/aromatic N) is 1. The summed E-state index contributed by atoms with van der Waals surface area (Å²) in [6, 6.07) is 18.0. The van der Waals surface area contributed by atoms with Crippen molar-refractivity contribution in [3.63, 3.8) is 0 Å². The van der Waals surface area contributed by atoms with Gasteiger partial charge in [0.15, 0.2) is 0 Å². The highest BCUT2D eigenvalue weighted by Crippen LogP contribution is 2.15. The predicted molar refractivity (Wildman–Crippen MR) is 85.8 cm³/mol. The molecule has 2 rings (SSSR count). The minimum absolute atomic E-state index is 0.161. The van der Waals surface area contributed by atoms with Crippen molar-refractivity contribution in [3.8, 4) is 5.75 Å². The van der Waals surface area contributed by atoms with Crippen molar-refractivity contribution in [1.29, 1.82) is 0 Å². The largest absolute Gasteiger partial charge is 0.489 e. The summed E-state index contributed by atoms with van der Waals surface area (Å²) in [7, 11) is 1.92. The van der Waals surface area contributed by atoms with Gasteiger partial charge in [0, 0.05) is 13.1 Å². The van der Waals surface area contributed by atoms with Crippen LogP contribution in [0.2, 0.25) is 0 Å². The maximum absolute atomic E-state index is 10.5. The molecule has 0 aliphatic carbocycles. The summed E-state index contributed by atoms with van der Waals surface area (Å²) in [6.07, 6.45) is 0.161. The molecule has 116 valence electrons. The van der Waals surface area contributed by atoms with Gasteiger partial charge in [-0.1, -0.05) is 42.5 Å². The van der Waals surface area contributed by atoms with Crippen LogP contribution in [0.3, 0.4) is 0 Å². The Labute approximate surface area is 131 Å². The van der Waals surface area contributed by atoms with Gasteiger partial charge in [-0.15, -0.1) is 0 Å². The molecular weight excluding hydrogens is 278 g/mol. The average molecular weight is 299 g/mol. The lowest BCUT2D eigenvalue weighted by molar-refractivity contribution is -0.137. The van der Waals surface area contributed by atoms with E-state index in [9.17, 15) is 4.79 Å². The Balaban J connectivity index is 1.81. The van der Waals surface area contributed by atoms with E-state index in [0.717, 1.165) is 23.4 Å². The van der Waals surface area contributed by atoms with Gasteiger partial charge in [0.25, 0.3) is 0 Å². The monoisotopic (exact) mass is 299 g/mol. The lowest BCUT2D eigenvalue weighted by Gasteiger charge is -2.15. The van der Waals surface area contributed by atoms with Crippen LogP contribution in [0, 0.1) is 0 Å². The first-order valence-electron chi connectivity index (χ1n) is 7.29. The molecular formula is C18H21NO3. The summed E-state index contributed by atoms with van der Waals surface area (Å²) < 4.78 is 5.74. The Morgan fingerprint density at radius 2 is 1.73 bits per heavy atom. The summed E-state index contributed by atoms with van der Waals surface area (Å²) >= 11 is 0. The summed E-state index contributed by atoms with van der Waals surface area (Å²) in [5.74, 6) is 0.0669. The number of aliphatic carboxylic acids is 1. The van der Waals surface area contributed by atoms with E-state index in [1.807, 2.05) is 66.5 Å². The van der Waals surface area contributed by atoms with E-state index in [1.54, 1.807) is 0 Å². The van der Waals surface area contributed by atoms with Gasteiger partial charge in [-0.2, -0.15) is 0 Å². The highest BCUT2D eigenvalue weighted by atomic mass is 16.5. The molecule has 0 radical (unpaired) electrons. The number of hydrogen-bond donors (Lipinski definition) is 1. The van der Waals surface area contributed by atoms with Crippen molar-refractivity contribution in [2.75, 3.05) is 13.6 Å². The number of ether oxygens (including phenoxy) is 1. The minimum Gasteiger partial charge on any atom is -0.489 e. The molecule has 22 heavy (non-hydrogen) atoms. The number of carbonyl (C=O) groups is 1. The topological polar surface area (TPSA) is 49.8 Å². The predicted octanol–water partition coefficient (Wildman–Crippen LogP) is 3.17. The molecule has 2 aromatic carbocycles. The smallest absolute Gasteiger partial charge is 0.304 e. The van der Waals surface area contributed by atoms with Gasteiger partial charge >= 0.3 is 5.97 Å². The standard InChI is InChI=1S/C18H21NO3/c1-19(12-11-18(20)21)13-15-7-9-17(10-8-15)22-14-16-5-3-2-4-6-16/h2-10H,11-14H2,1H3,(H,20,21). The van der Waals surface area contributed by atoms with E-state index in [4.69, 9.17) is 9.84 Å². The minimum atomic E-state index is -0.767. The summed E-state index contributed by atoms with van der Waals surface area (Å²) in [5, 5.41) is 8.67. The number of carboxylic acid groups (broad SMARTS) is 1. The van der Waals surface area contributed by atoms with Crippen LogP contribution in [0.4, 0.5) is 0 Å². The molecule has 0 saturated heterocycles. The molecule has 0 unspecified atom stereocenters. The van der Waals surface area contributed by atoms with Crippen molar-refractivity contribution >= 4 is 5.97 Å². The first-order valence-corrected chi connectivity index (χ1v) is 7.29. The first-order chi connectivity index (χ1) is 10.6. The zero-order valence-electron chi connectivity index (χ0n) is 12.7. The second kappa shape index (κ2) is 8.20. The van der Waals surface area contributed by atoms with Gasteiger partial charge in [0.1, 0.15) is 12.4 Å². The van der Waals surface area contributed by atoms with Gasteiger partial charge in [0.05, 0.1) is 6.42 Å². The lowest BCUT2D eigenvalue weighted by Crippen LogP contribution is -2.21. The van der Waals surface area contributed by atoms with Crippen LogP contribution in [0.1, 0.15) is 17.5 Å². The molecule has 0 aliphatic heterocycles. The molecule has 4 heteroatoms. The van der Waals surface area contributed by atoms with Crippen molar-refractivity contribution in [2.45, 2.75) is 19.6 Å². The average Bonchev–Trinajstić information content (AvgIpc) is 2.53. The molecule has 0 atom stereocenters. The van der Waals surface area contributed by atoms with Crippen molar-refractivity contribution < 1.29 is 14.6 Å². The van der Waals surface area contributed by atoms with Crippen LogP contribution in [0.15, 0.2) is 54.6 Å². The molecule has 0 spiro atoms. The van der Waals surface area contributed by atoms with Gasteiger partial charge in [0.2, 0.25) is 0 Å². The second-order valence-electron chi connectivity index (χ2n) is 5.30. The number of benzene rings is 2. The van der Waals surface area contributed by atoms with Gasteiger partial charge in [-0.3, -0.25) is 4.79 Å². The third kappa shape index (κ3) is 5.58. The number of carboxylic acids is 1. The Morgan fingerprint density at radius 3 is 2.36 bits per heavy atom. The Hall–Kier alpha value is -2.33. The molecule has 0 aromatic heterocycles. The molecule has 0 aliphatic rings. The Bertz CT molecular complexity index is 581. The first kappa shape index (κ1) is 16.0. The fraction of sp³-hybridized carbons (Fsp3) is 0.278. The van der Waals surface area contributed by atoms with Crippen molar-refractivity contribution in [3.05, 3.63) is 65.7 Å². The van der Waals surface area contributed by atoms with E-state index in [1.165, 1.54) is 0 Å². The highest BCUT2D eigenvalue weighted by molar-refractivity contribution is 5.66. The summed E-state index contributed by atoms with van der Waals surface area (Å²) in [5.41, 5.74) is 2.28. The molecule has 1 N–H and O–H groups in total. The van der Waals surface area contributed by atoms with Crippen LogP contribution >= 0.6 is 0 Å². The normalized spacial score (nSPS) is 10.6. The van der Waals surface area contributed by atoms with E-state index >= 15 is 0 Å². The number of rotatable bonds is 8. The van der Waals surface area contributed by atoms with Crippen molar-refractivity contribution in [1.82, 2.24) is 4.90 Å². The van der Waals surface area contributed by atoms with Crippen LogP contribution < -0.4 is 4.74 Å².